The molecule has 0 aromatic heterocycles. The van der Waals surface area contributed by atoms with Gasteiger partial charge < -0.3 is 4.74 Å². The zero-order chi connectivity index (χ0) is 22.0. The van der Waals surface area contributed by atoms with Gasteiger partial charge >= 0.3 is 0 Å². The summed E-state index contributed by atoms with van der Waals surface area (Å²) in [6.07, 6.45) is 0.902. The second-order valence-corrected chi connectivity index (χ2v) is 8.82. The van der Waals surface area contributed by atoms with Gasteiger partial charge in [-0.1, -0.05) is 95.6 Å². The van der Waals surface area contributed by atoms with Crippen molar-refractivity contribution >= 4 is 5.57 Å². The van der Waals surface area contributed by atoms with E-state index in [9.17, 15) is 0 Å². The molecule has 0 saturated carbocycles. The highest BCUT2D eigenvalue weighted by Gasteiger charge is 2.52. The molecule has 0 fully saturated rings. The Kier molecular flexibility index (Phi) is 5.98. The van der Waals surface area contributed by atoms with Gasteiger partial charge in [0.05, 0.1) is 5.41 Å². The quantitative estimate of drug-likeness (QED) is 0.412. The van der Waals surface area contributed by atoms with E-state index in [1.807, 2.05) is 0 Å². The van der Waals surface area contributed by atoms with Crippen molar-refractivity contribution in [3.05, 3.63) is 123 Å². The lowest BCUT2D eigenvalue weighted by Gasteiger charge is -2.51. The van der Waals surface area contributed by atoms with E-state index in [2.05, 4.69) is 107 Å². The summed E-state index contributed by atoms with van der Waals surface area (Å²) in [4.78, 5) is 0. The summed E-state index contributed by atoms with van der Waals surface area (Å²) in [7, 11) is 1.79. The van der Waals surface area contributed by atoms with Gasteiger partial charge in [-0.2, -0.15) is 0 Å². The van der Waals surface area contributed by atoms with Crippen molar-refractivity contribution in [2.75, 3.05) is 13.7 Å². The van der Waals surface area contributed by atoms with Crippen LogP contribution in [0.3, 0.4) is 0 Å². The molecule has 0 bridgehead atoms. The number of rotatable bonds is 6. The molecule has 0 amide bonds. The Morgan fingerprint density at radius 3 is 1.71 bits per heavy atom. The second kappa shape index (κ2) is 8.69. The van der Waals surface area contributed by atoms with E-state index in [4.69, 9.17) is 4.74 Å². The number of aryl methyl sites for hydroxylation is 2. The summed E-state index contributed by atoms with van der Waals surface area (Å²) in [5.41, 5.74) is 11.9. The Hall–Kier alpha value is -2.90. The maximum atomic E-state index is 5.58. The lowest BCUT2D eigenvalue weighted by atomic mass is 9.51. The van der Waals surface area contributed by atoms with Crippen molar-refractivity contribution in [1.29, 1.82) is 0 Å². The van der Waals surface area contributed by atoms with Crippen molar-refractivity contribution < 1.29 is 4.74 Å². The van der Waals surface area contributed by atoms with Crippen LogP contribution in [0.2, 0.25) is 0 Å². The van der Waals surface area contributed by atoms with Crippen LogP contribution in [0.15, 0.2) is 95.6 Å². The van der Waals surface area contributed by atoms with E-state index in [0.29, 0.717) is 6.61 Å². The van der Waals surface area contributed by atoms with Gasteiger partial charge in [0.2, 0.25) is 0 Å². The molecular weight excluding hydrogens is 376 g/mol. The Morgan fingerprint density at radius 2 is 1.26 bits per heavy atom. The topological polar surface area (TPSA) is 9.23 Å². The molecule has 0 heterocycles. The number of ether oxygens (including phenoxy) is 1. The maximum absolute atomic E-state index is 5.58. The minimum absolute atomic E-state index is 0.246. The number of benzene rings is 3. The van der Waals surface area contributed by atoms with Crippen molar-refractivity contribution in [2.24, 2.45) is 0 Å². The zero-order valence-corrected chi connectivity index (χ0v) is 19.3. The third-order valence-electron chi connectivity index (χ3n) is 6.47. The number of hydrogen-bond acceptors (Lipinski definition) is 1. The van der Waals surface area contributed by atoms with Gasteiger partial charge in [-0.15, -0.1) is 0 Å². The van der Waals surface area contributed by atoms with Crippen molar-refractivity contribution in [3.8, 4) is 0 Å². The molecule has 0 radical (unpaired) electrons. The van der Waals surface area contributed by atoms with E-state index in [0.717, 1.165) is 6.42 Å². The molecule has 31 heavy (non-hydrogen) atoms. The van der Waals surface area contributed by atoms with E-state index in [-0.39, 0.29) is 5.41 Å². The first-order valence-corrected chi connectivity index (χ1v) is 11.1. The van der Waals surface area contributed by atoms with Crippen LogP contribution < -0.4 is 0 Å². The molecule has 0 N–H and O–H groups in total. The number of allylic oxidation sites excluding steroid dienone is 3. The SMILES string of the molecule is COCCC1=C(c2ccccc2)C(=C(C)C)C1(c1ccc(C)cc1)c1ccc(C)cc1. The lowest BCUT2D eigenvalue weighted by molar-refractivity contribution is 0.199. The van der Waals surface area contributed by atoms with Crippen LogP contribution in [0, 0.1) is 13.8 Å². The van der Waals surface area contributed by atoms with Crippen LogP contribution in [0.4, 0.5) is 0 Å². The summed E-state index contributed by atoms with van der Waals surface area (Å²) < 4.78 is 5.58. The Labute approximate surface area is 187 Å². The first-order valence-electron chi connectivity index (χ1n) is 11.1. The fraction of sp³-hybridized carbons (Fsp3) is 0.267. The summed E-state index contributed by atoms with van der Waals surface area (Å²) in [6, 6.07) is 29.0. The van der Waals surface area contributed by atoms with Crippen LogP contribution in [-0.2, 0) is 10.2 Å². The molecule has 0 saturated heterocycles. The van der Waals surface area contributed by atoms with E-state index in [1.54, 1.807) is 7.11 Å². The minimum Gasteiger partial charge on any atom is -0.384 e. The van der Waals surface area contributed by atoms with Gasteiger partial charge in [0.25, 0.3) is 0 Å². The fourth-order valence-electron chi connectivity index (χ4n) is 5.09. The monoisotopic (exact) mass is 408 g/mol. The highest BCUT2D eigenvalue weighted by molar-refractivity contribution is 5.98. The molecule has 3 aromatic rings. The van der Waals surface area contributed by atoms with Crippen LogP contribution >= 0.6 is 0 Å². The van der Waals surface area contributed by atoms with Crippen LogP contribution in [0.1, 0.15) is 48.1 Å². The summed E-state index contributed by atoms with van der Waals surface area (Å²) >= 11 is 0. The number of hydrogen-bond donors (Lipinski definition) is 0. The third-order valence-corrected chi connectivity index (χ3v) is 6.47. The number of methoxy groups -OCH3 is 1. The van der Waals surface area contributed by atoms with Crippen LogP contribution in [0.25, 0.3) is 5.57 Å². The van der Waals surface area contributed by atoms with Gasteiger partial charge in [0.15, 0.2) is 0 Å². The smallest absolute Gasteiger partial charge is 0.0676 e. The Balaban J connectivity index is 2.08. The Morgan fingerprint density at radius 1 is 0.742 bits per heavy atom. The van der Waals surface area contributed by atoms with Gasteiger partial charge in [-0.3, -0.25) is 0 Å². The molecular formula is C30H32O. The molecule has 1 heteroatoms. The predicted molar refractivity (Wildman–Crippen MR) is 131 cm³/mol. The largest absolute Gasteiger partial charge is 0.384 e. The van der Waals surface area contributed by atoms with Gasteiger partial charge in [0.1, 0.15) is 0 Å². The first-order chi connectivity index (χ1) is 15.0. The second-order valence-electron chi connectivity index (χ2n) is 8.82. The van der Waals surface area contributed by atoms with Crippen molar-refractivity contribution in [3.63, 3.8) is 0 Å². The van der Waals surface area contributed by atoms with Gasteiger partial charge in [-0.25, -0.2) is 0 Å². The summed E-state index contributed by atoms with van der Waals surface area (Å²) in [6.45, 7) is 9.52. The zero-order valence-electron chi connectivity index (χ0n) is 19.3. The van der Waals surface area contributed by atoms with E-state index >= 15 is 0 Å². The summed E-state index contributed by atoms with van der Waals surface area (Å²) in [5, 5.41) is 0. The molecule has 0 spiro atoms. The van der Waals surface area contributed by atoms with E-state index < -0.39 is 0 Å². The predicted octanol–water partition coefficient (Wildman–Crippen LogP) is 7.43. The van der Waals surface area contributed by atoms with Crippen molar-refractivity contribution in [1.82, 2.24) is 0 Å². The normalized spacial score (nSPS) is 15.1. The van der Waals surface area contributed by atoms with Crippen molar-refractivity contribution in [2.45, 2.75) is 39.5 Å². The molecule has 1 nitrogen and oxygen atoms in total. The van der Waals surface area contributed by atoms with Crippen LogP contribution in [0.5, 0.6) is 0 Å². The third kappa shape index (κ3) is 3.58. The highest BCUT2D eigenvalue weighted by Crippen LogP contribution is 2.62. The van der Waals surface area contributed by atoms with Gasteiger partial charge in [-0.05, 0) is 67.5 Å². The molecule has 0 unspecified atom stereocenters. The molecule has 3 aromatic carbocycles. The minimum atomic E-state index is -0.246. The van der Waals surface area contributed by atoms with Crippen LogP contribution in [-0.4, -0.2) is 13.7 Å². The molecule has 0 atom stereocenters. The summed E-state index contributed by atoms with van der Waals surface area (Å²) in [5.74, 6) is 0. The average molecular weight is 409 g/mol. The first kappa shape index (κ1) is 21.3. The molecule has 1 aliphatic rings. The van der Waals surface area contributed by atoms with Gasteiger partial charge in [0, 0.05) is 13.7 Å². The molecule has 158 valence electrons. The highest BCUT2D eigenvalue weighted by atomic mass is 16.5. The molecule has 1 aliphatic carbocycles. The maximum Gasteiger partial charge on any atom is 0.0676 e. The molecule has 0 aliphatic heterocycles. The standard InChI is InChI=1S/C30H32O/c1-21(2)29-28(24-9-7-6-8-10-24)27(19-20-31-5)30(29,25-15-11-22(3)12-16-25)26-17-13-23(4)14-18-26/h6-18H,19-20H2,1-5H3. The lowest BCUT2D eigenvalue weighted by Crippen LogP contribution is -2.42. The van der Waals surface area contributed by atoms with E-state index in [1.165, 1.54) is 50.1 Å². The molecule has 4 rings (SSSR count). The Bertz CT molecular complexity index is 1060. The average Bonchev–Trinajstić information content (AvgIpc) is 2.76. The fourth-order valence-corrected chi connectivity index (χ4v) is 5.09.